The average molecular weight is 236 g/mol. The zero-order valence-electron chi connectivity index (χ0n) is 9.93. The van der Waals surface area contributed by atoms with E-state index in [9.17, 15) is 9.59 Å². The van der Waals surface area contributed by atoms with Crippen molar-refractivity contribution < 1.29 is 14.7 Å². The molecule has 0 bridgehead atoms. The molecule has 1 aromatic heterocycles. The van der Waals surface area contributed by atoms with E-state index in [0.717, 1.165) is 12.8 Å². The lowest BCUT2D eigenvalue weighted by atomic mass is 10.1. The van der Waals surface area contributed by atoms with Crippen LogP contribution in [-0.4, -0.2) is 28.0 Å². The van der Waals surface area contributed by atoms with Crippen LogP contribution in [0.5, 0.6) is 0 Å². The second-order valence-corrected chi connectivity index (χ2v) is 3.69. The number of carboxylic acid groups (broad SMARTS) is 1. The normalized spacial score (nSPS) is 10.3. The summed E-state index contributed by atoms with van der Waals surface area (Å²) in [5, 5.41) is 11.7. The van der Waals surface area contributed by atoms with Crippen LogP contribution < -0.4 is 5.32 Å². The molecule has 1 aromatic rings. The van der Waals surface area contributed by atoms with E-state index in [4.69, 9.17) is 5.11 Å². The molecule has 1 amide bonds. The van der Waals surface area contributed by atoms with Crippen molar-refractivity contribution in [1.29, 1.82) is 0 Å². The Morgan fingerprint density at radius 2 is 2.06 bits per heavy atom. The van der Waals surface area contributed by atoms with Crippen molar-refractivity contribution in [3.63, 3.8) is 0 Å². The Labute approximate surface area is 99.9 Å². The highest BCUT2D eigenvalue weighted by Gasteiger charge is 2.19. The number of pyridine rings is 1. The number of carbonyl (C=O) groups excluding carboxylic acids is 1. The van der Waals surface area contributed by atoms with E-state index in [0.29, 0.717) is 0 Å². The Bertz CT molecular complexity index is 414. The number of hydrogen-bond acceptors (Lipinski definition) is 3. The van der Waals surface area contributed by atoms with E-state index in [-0.39, 0.29) is 17.3 Å². The van der Waals surface area contributed by atoms with Crippen molar-refractivity contribution >= 4 is 11.9 Å². The van der Waals surface area contributed by atoms with Crippen LogP contribution in [0.4, 0.5) is 0 Å². The molecule has 1 rings (SSSR count). The molecule has 5 nitrogen and oxygen atoms in total. The second kappa shape index (κ2) is 5.98. The van der Waals surface area contributed by atoms with Gasteiger partial charge in [-0.05, 0) is 25.0 Å². The van der Waals surface area contributed by atoms with Crippen LogP contribution in [0.3, 0.4) is 0 Å². The van der Waals surface area contributed by atoms with Crippen LogP contribution in [0.25, 0.3) is 0 Å². The van der Waals surface area contributed by atoms with Gasteiger partial charge >= 0.3 is 5.97 Å². The first-order chi connectivity index (χ1) is 8.10. The summed E-state index contributed by atoms with van der Waals surface area (Å²) in [6, 6.07) is 2.92. The number of aromatic nitrogens is 1. The molecule has 0 fully saturated rings. The number of amides is 1. The summed E-state index contributed by atoms with van der Waals surface area (Å²) in [5.74, 6) is -1.58. The Balaban J connectivity index is 2.92. The summed E-state index contributed by atoms with van der Waals surface area (Å²) in [5.41, 5.74) is -0.108. The van der Waals surface area contributed by atoms with Crippen molar-refractivity contribution in [2.45, 2.75) is 32.7 Å². The second-order valence-electron chi connectivity index (χ2n) is 3.69. The number of carbonyl (C=O) groups is 2. The van der Waals surface area contributed by atoms with Crippen LogP contribution in [0.15, 0.2) is 18.3 Å². The van der Waals surface area contributed by atoms with E-state index >= 15 is 0 Å². The minimum Gasteiger partial charge on any atom is -0.478 e. The summed E-state index contributed by atoms with van der Waals surface area (Å²) in [6.07, 6.45) is 3.02. The fraction of sp³-hybridized carbons (Fsp3) is 0.417. The average Bonchev–Trinajstić information content (AvgIpc) is 2.35. The Morgan fingerprint density at radius 3 is 2.59 bits per heavy atom. The third-order valence-electron chi connectivity index (χ3n) is 2.57. The fourth-order valence-corrected chi connectivity index (χ4v) is 1.51. The van der Waals surface area contributed by atoms with Gasteiger partial charge in [-0.15, -0.1) is 0 Å². The van der Waals surface area contributed by atoms with Gasteiger partial charge in [-0.2, -0.15) is 0 Å². The molecule has 0 aromatic carbocycles. The van der Waals surface area contributed by atoms with Gasteiger partial charge in [-0.25, -0.2) is 4.79 Å². The molecular weight excluding hydrogens is 220 g/mol. The predicted octanol–water partition coefficient (Wildman–Crippen LogP) is 1.70. The van der Waals surface area contributed by atoms with Gasteiger partial charge in [0.2, 0.25) is 0 Å². The number of nitrogens with zero attached hydrogens (tertiary/aromatic N) is 1. The zero-order valence-corrected chi connectivity index (χ0v) is 9.93. The summed E-state index contributed by atoms with van der Waals surface area (Å²) >= 11 is 0. The van der Waals surface area contributed by atoms with Crippen LogP contribution in [-0.2, 0) is 0 Å². The predicted molar refractivity (Wildman–Crippen MR) is 63.0 cm³/mol. The molecule has 0 saturated heterocycles. The number of carboxylic acids is 1. The van der Waals surface area contributed by atoms with Gasteiger partial charge in [-0.3, -0.25) is 9.78 Å². The van der Waals surface area contributed by atoms with E-state index in [1.54, 1.807) is 0 Å². The first-order valence-electron chi connectivity index (χ1n) is 5.59. The van der Waals surface area contributed by atoms with Crippen LogP contribution in [0.2, 0.25) is 0 Å². The molecule has 0 radical (unpaired) electrons. The van der Waals surface area contributed by atoms with E-state index < -0.39 is 11.9 Å². The molecule has 2 N–H and O–H groups in total. The summed E-state index contributed by atoms with van der Waals surface area (Å²) in [4.78, 5) is 26.6. The minimum absolute atomic E-state index is 0.0353. The quantitative estimate of drug-likeness (QED) is 0.815. The SMILES string of the molecule is CCC(CC)NC(=O)c1ncccc1C(=O)O. The van der Waals surface area contributed by atoms with E-state index in [2.05, 4.69) is 10.3 Å². The monoisotopic (exact) mass is 236 g/mol. The van der Waals surface area contributed by atoms with Gasteiger partial charge in [0, 0.05) is 12.2 Å². The van der Waals surface area contributed by atoms with Crippen molar-refractivity contribution in [2.75, 3.05) is 0 Å². The highest BCUT2D eigenvalue weighted by molar-refractivity contribution is 6.03. The highest BCUT2D eigenvalue weighted by Crippen LogP contribution is 2.06. The topological polar surface area (TPSA) is 79.3 Å². The minimum atomic E-state index is -1.15. The smallest absolute Gasteiger partial charge is 0.338 e. The molecule has 17 heavy (non-hydrogen) atoms. The molecule has 0 saturated carbocycles. The number of aromatic carboxylic acids is 1. The molecule has 92 valence electrons. The van der Waals surface area contributed by atoms with Gasteiger partial charge < -0.3 is 10.4 Å². The third-order valence-corrected chi connectivity index (χ3v) is 2.57. The highest BCUT2D eigenvalue weighted by atomic mass is 16.4. The Kier molecular flexibility index (Phi) is 4.63. The lowest BCUT2D eigenvalue weighted by molar-refractivity contribution is 0.0689. The largest absolute Gasteiger partial charge is 0.478 e. The van der Waals surface area contributed by atoms with Crippen molar-refractivity contribution in [1.82, 2.24) is 10.3 Å². The molecule has 5 heteroatoms. The maximum absolute atomic E-state index is 11.9. The molecule has 0 aliphatic rings. The molecule has 0 aliphatic carbocycles. The maximum Gasteiger partial charge on any atom is 0.338 e. The molecular formula is C12H16N2O3. The van der Waals surface area contributed by atoms with Crippen LogP contribution >= 0.6 is 0 Å². The molecule has 0 atom stereocenters. The van der Waals surface area contributed by atoms with Crippen LogP contribution in [0, 0.1) is 0 Å². The Hall–Kier alpha value is -1.91. The van der Waals surface area contributed by atoms with E-state index in [1.165, 1.54) is 18.3 Å². The van der Waals surface area contributed by atoms with Gasteiger partial charge in [-0.1, -0.05) is 13.8 Å². The standard InChI is InChI=1S/C12H16N2O3/c1-3-8(4-2)14-11(15)10-9(12(16)17)6-5-7-13-10/h5-8H,3-4H2,1-2H3,(H,14,15)(H,16,17). The van der Waals surface area contributed by atoms with E-state index in [1.807, 2.05) is 13.8 Å². The summed E-state index contributed by atoms with van der Waals surface area (Å²) in [6.45, 7) is 3.93. The fourth-order valence-electron chi connectivity index (χ4n) is 1.51. The lowest BCUT2D eigenvalue weighted by Crippen LogP contribution is -2.35. The number of nitrogens with one attached hydrogen (secondary N) is 1. The van der Waals surface area contributed by atoms with Gasteiger partial charge in [0.25, 0.3) is 5.91 Å². The van der Waals surface area contributed by atoms with Gasteiger partial charge in [0.05, 0.1) is 5.56 Å². The Morgan fingerprint density at radius 1 is 1.41 bits per heavy atom. The molecule has 0 aliphatic heterocycles. The summed E-state index contributed by atoms with van der Waals surface area (Å²) in [7, 11) is 0. The first-order valence-corrected chi connectivity index (χ1v) is 5.59. The maximum atomic E-state index is 11.9. The lowest BCUT2D eigenvalue weighted by Gasteiger charge is -2.14. The number of rotatable bonds is 5. The first kappa shape index (κ1) is 13.2. The van der Waals surface area contributed by atoms with Gasteiger partial charge in [0.1, 0.15) is 5.69 Å². The zero-order chi connectivity index (χ0) is 12.8. The number of hydrogen-bond donors (Lipinski definition) is 2. The molecule has 0 spiro atoms. The van der Waals surface area contributed by atoms with Gasteiger partial charge in [0.15, 0.2) is 0 Å². The molecule has 1 heterocycles. The molecule has 0 unspecified atom stereocenters. The van der Waals surface area contributed by atoms with Crippen molar-refractivity contribution in [2.24, 2.45) is 0 Å². The third kappa shape index (κ3) is 3.27. The van der Waals surface area contributed by atoms with Crippen molar-refractivity contribution in [3.05, 3.63) is 29.6 Å². The van der Waals surface area contributed by atoms with Crippen LogP contribution in [0.1, 0.15) is 47.5 Å². The summed E-state index contributed by atoms with van der Waals surface area (Å²) < 4.78 is 0. The van der Waals surface area contributed by atoms with Crippen molar-refractivity contribution in [3.8, 4) is 0 Å².